The van der Waals surface area contributed by atoms with E-state index in [0.29, 0.717) is 22.9 Å². The molecule has 2 nitrogen and oxygen atoms in total. The Bertz CT molecular complexity index is 592. The van der Waals surface area contributed by atoms with Gasteiger partial charge in [-0.2, -0.15) is 0 Å². The van der Waals surface area contributed by atoms with Crippen LogP contribution in [0, 0.1) is 5.82 Å². The molecule has 0 radical (unpaired) electrons. The highest BCUT2D eigenvalue weighted by atomic mass is 79.9. The fourth-order valence-corrected chi connectivity index (χ4v) is 2.24. The van der Waals surface area contributed by atoms with Crippen molar-refractivity contribution in [3.8, 4) is 5.75 Å². The van der Waals surface area contributed by atoms with Crippen molar-refractivity contribution in [3.05, 3.63) is 57.3 Å². The highest BCUT2D eigenvalue weighted by Gasteiger charge is 2.06. The summed E-state index contributed by atoms with van der Waals surface area (Å²) in [5, 5.41) is 3.65. The van der Waals surface area contributed by atoms with Crippen LogP contribution in [0.25, 0.3) is 0 Å². The Kier molecular flexibility index (Phi) is 4.66. The van der Waals surface area contributed by atoms with Gasteiger partial charge in [-0.3, -0.25) is 0 Å². The van der Waals surface area contributed by atoms with E-state index in [0.717, 1.165) is 10.2 Å². The molecule has 0 saturated heterocycles. The molecule has 0 unspecified atom stereocenters. The van der Waals surface area contributed by atoms with Crippen molar-refractivity contribution in [2.75, 3.05) is 12.4 Å². The molecule has 0 heterocycles. The number of benzene rings is 2. The van der Waals surface area contributed by atoms with Gasteiger partial charge in [0, 0.05) is 21.6 Å². The summed E-state index contributed by atoms with van der Waals surface area (Å²) >= 11 is 9.24. The second-order valence-corrected chi connectivity index (χ2v) is 5.29. The Labute approximate surface area is 124 Å². The Balaban J connectivity index is 2.18. The molecule has 0 bridgehead atoms. The topological polar surface area (TPSA) is 21.3 Å². The molecule has 0 amide bonds. The summed E-state index contributed by atoms with van der Waals surface area (Å²) in [4.78, 5) is 0. The number of halogens is 3. The van der Waals surface area contributed by atoms with Gasteiger partial charge in [0.25, 0.3) is 0 Å². The molecule has 2 aromatic carbocycles. The highest BCUT2D eigenvalue weighted by molar-refractivity contribution is 9.10. The minimum Gasteiger partial charge on any atom is -0.495 e. The summed E-state index contributed by atoms with van der Waals surface area (Å²) < 4.78 is 19.8. The molecule has 100 valence electrons. The van der Waals surface area contributed by atoms with Gasteiger partial charge in [0.1, 0.15) is 11.6 Å². The third-order valence-electron chi connectivity index (χ3n) is 2.64. The van der Waals surface area contributed by atoms with Crippen LogP contribution in [-0.2, 0) is 6.54 Å². The van der Waals surface area contributed by atoms with E-state index < -0.39 is 0 Å². The normalized spacial score (nSPS) is 10.3. The molecule has 0 saturated carbocycles. The summed E-state index contributed by atoms with van der Waals surface area (Å²) in [6.07, 6.45) is 0. The summed E-state index contributed by atoms with van der Waals surface area (Å²) in [5.41, 5.74) is 1.30. The summed E-state index contributed by atoms with van der Waals surface area (Å²) in [5.74, 6) is 0.413. The molecule has 19 heavy (non-hydrogen) atoms. The largest absolute Gasteiger partial charge is 0.495 e. The molecule has 2 aromatic rings. The third-order valence-corrected chi connectivity index (χ3v) is 3.37. The van der Waals surface area contributed by atoms with Crippen molar-refractivity contribution in [1.29, 1.82) is 0 Å². The maximum Gasteiger partial charge on any atom is 0.142 e. The van der Waals surface area contributed by atoms with Gasteiger partial charge in [-0.15, -0.1) is 0 Å². The molecule has 0 fully saturated rings. The van der Waals surface area contributed by atoms with Gasteiger partial charge in [0.05, 0.1) is 12.8 Å². The van der Waals surface area contributed by atoms with Gasteiger partial charge in [0.15, 0.2) is 0 Å². The average Bonchev–Trinajstić information content (AvgIpc) is 2.40. The molecule has 0 atom stereocenters. The molecule has 2 rings (SSSR count). The highest BCUT2D eigenvalue weighted by Crippen LogP contribution is 2.28. The Morgan fingerprint density at radius 2 is 2.05 bits per heavy atom. The number of nitrogens with one attached hydrogen (secondary N) is 1. The quantitative estimate of drug-likeness (QED) is 0.855. The molecular weight excluding hydrogens is 333 g/mol. The van der Waals surface area contributed by atoms with E-state index in [1.165, 1.54) is 12.1 Å². The number of anilines is 1. The standard InChI is InChI=1S/C14H12BrClFNO/c1-19-14-5-2-10(15)7-13(14)18-8-9-6-11(16)3-4-12(9)17/h2-7,18H,8H2,1H3. The van der Waals surface area contributed by atoms with Gasteiger partial charge < -0.3 is 10.1 Å². The van der Waals surface area contributed by atoms with E-state index in [9.17, 15) is 4.39 Å². The monoisotopic (exact) mass is 343 g/mol. The van der Waals surface area contributed by atoms with Crippen LogP contribution in [0.2, 0.25) is 5.02 Å². The first-order valence-corrected chi connectivity index (χ1v) is 6.78. The zero-order valence-corrected chi connectivity index (χ0v) is 12.6. The molecule has 0 spiro atoms. The minimum atomic E-state index is -0.286. The second-order valence-electron chi connectivity index (χ2n) is 3.93. The lowest BCUT2D eigenvalue weighted by Gasteiger charge is -2.12. The maximum atomic E-state index is 13.6. The van der Waals surface area contributed by atoms with Crippen LogP contribution >= 0.6 is 27.5 Å². The van der Waals surface area contributed by atoms with Crippen molar-refractivity contribution in [2.45, 2.75) is 6.54 Å². The fraction of sp³-hybridized carbons (Fsp3) is 0.143. The number of ether oxygens (including phenoxy) is 1. The van der Waals surface area contributed by atoms with Gasteiger partial charge in [-0.1, -0.05) is 27.5 Å². The molecular formula is C14H12BrClFNO. The smallest absolute Gasteiger partial charge is 0.142 e. The fourth-order valence-electron chi connectivity index (χ4n) is 1.69. The second kappa shape index (κ2) is 6.26. The first-order chi connectivity index (χ1) is 9.10. The van der Waals surface area contributed by atoms with Crippen LogP contribution in [0.15, 0.2) is 40.9 Å². The summed E-state index contributed by atoms with van der Waals surface area (Å²) in [7, 11) is 1.59. The molecule has 1 N–H and O–H groups in total. The molecule has 0 aliphatic carbocycles. The van der Waals surface area contributed by atoms with E-state index >= 15 is 0 Å². The van der Waals surface area contributed by atoms with Crippen LogP contribution in [0.1, 0.15) is 5.56 Å². The summed E-state index contributed by atoms with van der Waals surface area (Å²) in [6.45, 7) is 0.333. The predicted molar refractivity (Wildman–Crippen MR) is 79.4 cm³/mol. The van der Waals surface area contributed by atoms with Crippen LogP contribution in [-0.4, -0.2) is 7.11 Å². The Morgan fingerprint density at radius 1 is 1.26 bits per heavy atom. The molecule has 0 aromatic heterocycles. The van der Waals surface area contributed by atoms with E-state index in [1.54, 1.807) is 13.2 Å². The first kappa shape index (κ1) is 14.2. The number of methoxy groups -OCH3 is 1. The van der Waals surface area contributed by atoms with Crippen molar-refractivity contribution in [3.63, 3.8) is 0 Å². The summed E-state index contributed by atoms with van der Waals surface area (Å²) in [6, 6.07) is 10.1. The van der Waals surface area contributed by atoms with Crippen LogP contribution in [0.3, 0.4) is 0 Å². The lowest BCUT2D eigenvalue weighted by Crippen LogP contribution is -2.03. The number of rotatable bonds is 4. The first-order valence-electron chi connectivity index (χ1n) is 5.61. The number of hydrogen-bond acceptors (Lipinski definition) is 2. The van der Waals surface area contributed by atoms with E-state index in [1.807, 2.05) is 18.2 Å². The lowest BCUT2D eigenvalue weighted by molar-refractivity contribution is 0.416. The average molecular weight is 345 g/mol. The van der Waals surface area contributed by atoms with Crippen LogP contribution in [0.5, 0.6) is 5.75 Å². The van der Waals surface area contributed by atoms with Gasteiger partial charge in [0.2, 0.25) is 0 Å². The molecule has 0 aliphatic heterocycles. The lowest BCUT2D eigenvalue weighted by atomic mass is 10.2. The van der Waals surface area contributed by atoms with Crippen LogP contribution in [0.4, 0.5) is 10.1 Å². The SMILES string of the molecule is COc1ccc(Br)cc1NCc1cc(Cl)ccc1F. The molecule has 0 aliphatic rings. The van der Waals surface area contributed by atoms with Crippen molar-refractivity contribution < 1.29 is 9.13 Å². The van der Waals surface area contributed by atoms with Crippen molar-refractivity contribution >= 4 is 33.2 Å². The Morgan fingerprint density at radius 3 is 2.79 bits per heavy atom. The predicted octanol–water partition coefficient (Wildman–Crippen LogP) is 4.86. The maximum absolute atomic E-state index is 13.6. The van der Waals surface area contributed by atoms with E-state index in [2.05, 4.69) is 21.2 Å². The Hall–Kier alpha value is -1.26. The minimum absolute atomic E-state index is 0.286. The van der Waals surface area contributed by atoms with Crippen LogP contribution < -0.4 is 10.1 Å². The van der Waals surface area contributed by atoms with E-state index in [4.69, 9.17) is 16.3 Å². The van der Waals surface area contributed by atoms with Crippen molar-refractivity contribution in [2.24, 2.45) is 0 Å². The molecule has 5 heteroatoms. The van der Waals surface area contributed by atoms with Gasteiger partial charge >= 0.3 is 0 Å². The zero-order valence-electron chi connectivity index (χ0n) is 10.2. The van der Waals surface area contributed by atoms with Gasteiger partial charge in [-0.05, 0) is 36.4 Å². The zero-order chi connectivity index (χ0) is 13.8. The van der Waals surface area contributed by atoms with Crippen molar-refractivity contribution in [1.82, 2.24) is 0 Å². The van der Waals surface area contributed by atoms with E-state index in [-0.39, 0.29) is 5.82 Å². The third kappa shape index (κ3) is 3.61. The number of hydrogen-bond donors (Lipinski definition) is 1. The van der Waals surface area contributed by atoms with Gasteiger partial charge in [-0.25, -0.2) is 4.39 Å².